The van der Waals surface area contributed by atoms with E-state index in [2.05, 4.69) is 19.8 Å². The van der Waals surface area contributed by atoms with Gasteiger partial charge in [-0.15, -0.1) is 0 Å². The van der Waals surface area contributed by atoms with Crippen LogP contribution in [-0.2, 0) is 17.1 Å². The first-order valence-electron chi connectivity index (χ1n) is 5.32. The Hall–Kier alpha value is -1.67. The van der Waals surface area contributed by atoms with Crippen molar-refractivity contribution in [3.63, 3.8) is 0 Å². The second-order valence-corrected chi connectivity index (χ2v) is 5.96. The molecule has 0 aliphatic heterocycles. The summed E-state index contributed by atoms with van der Waals surface area (Å²) in [5.41, 5.74) is 0.973. The Kier molecular flexibility index (Phi) is 3.46. The molecule has 0 spiro atoms. The van der Waals surface area contributed by atoms with Crippen molar-refractivity contribution in [3.05, 3.63) is 28.9 Å². The minimum absolute atomic E-state index is 0.104. The Morgan fingerprint density at radius 1 is 1.26 bits per heavy atom. The van der Waals surface area contributed by atoms with Gasteiger partial charge in [0.05, 0.1) is 23.8 Å². The second kappa shape index (κ2) is 4.78. The minimum atomic E-state index is -3.75. The van der Waals surface area contributed by atoms with Gasteiger partial charge in [-0.25, -0.2) is 18.4 Å². The maximum atomic E-state index is 12.3. The molecule has 102 valence electrons. The lowest BCUT2D eigenvalue weighted by atomic mass is 10.4. The number of hydrogen-bond acceptors (Lipinski definition) is 5. The van der Waals surface area contributed by atoms with Crippen LogP contribution in [0, 0.1) is 13.8 Å². The van der Waals surface area contributed by atoms with Gasteiger partial charge in [0.15, 0.2) is 5.82 Å². The van der Waals surface area contributed by atoms with E-state index in [0.717, 1.165) is 0 Å². The molecule has 19 heavy (non-hydrogen) atoms. The van der Waals surface area contributed by atoms with Crippen molar-refractivity contribution in [3.8, 4) is 0 Å². The fraction of sp³-hybridized carbons (Fsp3) is 0.300. The van der Waals surface area contributed by atoms with Gasteiger partial charge >= 0.3 is 0 Å². The molecule has 0 atom stereocenters. The largest absolute Gasteiger partial charge is 0.271 e. The number of aryl methyl sites for hydroxylation is 2. The van der Waals surface area contributed by atoms with E-state index in [1.54, 1.807) is 20.9 Å². The zero-order valence-corrected chi connectivity index (χ0v) is 12.1. The molecule has 0 aliphatic carbocycles. The summed E-state index contributed by atoms with van der Waals surface area (Å²) in [4.78, 5) is 7.75. The molecule has 0 amide bonds. The first-order valence-corrected chi connectivity index (χ1v) is 7.18. The van der Waals surface area contributed by atoms with E-state index in [9.17, 15) is 8.42 Å². The zero-order valence-electron chi connectivity index (χ0n) is 10.5. The summed E-state index contributed by atoms with van der Waals surface area (Å²) < 4.78 is 28.4. The summed E-state index contributed by atoms with van der Waals surface area (Å²) in [5, 5.41) is 4.26. The van der Waals surface area contributed by atoms with E-state index in [-0.39, 0.29) is 15.9 Å². The molecule has 2 aromatic heterocycles. The predicted molar refractivity (Wildman–Crippen MR) is 70.5 cm³/mol. The third kappa shape index (κ3) is 2.69. The van der Waals surface area contributed by atoms with Gasteiger partial charge in [-0.1, -0.05) is 11.6 Å². The Labute approximate surface area is 115 Å². The van der Waals surface area contributed by atoms with Gasteiger partial charge in [0.2, 0.25) is 0 Å². The average molecular weight is 302 g/mol. The molecule has 0 unspecified atom stereocenters. The summed E-state index contributed by atoms with van der Waals surface area (Å²) in [6.07, 6.45) is 2.52. The van der Waals surface area contributed by atoms with Crippen molar-refractivity contribution in [2.75, 3.05) is 4.72 Å². The van der Waals surface area contributed by atoms with Crippen LogP contribution in [0.5, 0.6) is 0 Å². The lowest BCUT2D eigenvalue weighted by Crippen LogP contribution is -2.15. The molecule has 2 heterocycles. The summed E-state index contributed by atoms with van der Waals surface area (Å²) >= 11 is 5.59. The molecule has 0 fully saturated rings. The molecule has 0 saturated heterocycles. The normalized spacial score (nSPS) is 11.6. The van der Waals surface area contributed by atoms with E-state index in [1.807, 2.05) is 0 Å². The number of hydrogen-bond donors (Lipinski definition) is 1. The van der Waals surface area contributed by atoms with E-state index in [4.69, 9.17) is 11.6 Å². The Morgan fingerprint density at radius 2 is 1.95 bits per heavy atom. The fourth-order valence-corrected chi connectivity index (χ4v) is 3.23. The van der Waals surface area contributed by atoms with Crippen molar-refractivity contribution in [2.24, 2.45) is 7.05 Å². The second-order valence-electron chi connectivity index (χ2n) is 3.95. The third-order valence-electron chi connectivity index (χ3n) is 2.57. The Balaban J connectivity index is 2.40. The lowest BCUT2D eigenvalue weighted by Gasteiger charge is -2.07. The Morgan fingerprint density at radius 3 is 2.42 bits per heavy atom. The first-order chi connectivity index (χ1) is 8.81. The number of halogens is 1. The molecule has 2 aromatic rings. The maximum absolute atomic E-state index is 12.3. The zero-order chi connectivity index (χ0) is 14.2. The van der Waals surface area contributed by atoms with Crippen molar-refractivity contribution in [1.29, 1.82) is 0 Å². The predicted octanol–water partition coefficient (Wildman–Crippen LogP) is 1.28. The highest BCUT2D eigenvalue weighted by Gasteiger charge is 2.24. The van der Waals surface area contributed by atoms with E-state index in [1.165, 1.54) is 17.1 Å². The molecular formula is C10H12ClN5O2S. The topological polar surface area (TPSA) is 89.8 Å². The number of aromatic nitrogens is 4. The van der Waals surface area contributed by atoms with Crippen molar-refractivity contribution >= 4 is 27.4 Å². The van der Waals surface area contributed by atoms with Crippen molar-refractivity contribution in [2.45, 2.75) is 18.7 Å². The van der Waals surface area contributed by atoms with E-state index >= 15 is 0 Å². The SMILES string of the molecule is Cc1nn(C)c(C)c1S(=O)(=O)Nc1cnc(Cl)cn1. The Bertz CT molecular complexity index is 708. The smallest absolute Gasteiger partial charge is 0.266 e. The van der Waals surface area contributed by atoms with Gasteiger partial charge in [0, 0.05) is 7.05 Å². The molecule has 0 radical (unpaired) electrons. The van der Waals surface area contributed by atoms with Gasteiger partial charge < -0.3 is 0 Å². The molecular weight excluding hydrogens is 290 g/mol. The third-order valence-corrected chi connectivity index (χ3v) is 4.37. The van der Waals surface area contributed by atoms with Gasteiger partial charge in [0.25, 0.3) is 10.0 Å². The first kappa shape index (κ1) is 13.8. The molecule has 2 rings (SSSR count). The van der Waals surface area contributed by atoms with E-state index in [0.29, 0.717) is 11.4 Å². The monoisotopic (exact) mass is 301 g/mol. The van der Waals surface area contributed by atoms with Gasteiger partial charge in [-0.05, 0) is 13.8 Å². The highest BCUT2D eigenvalue weighted by molar-refractivity contribution is 7.92. The highest BCUT2D eigenvalue weighted by atomic mass is 35.5. The molecule has 9 heteroatoms. The van der Waals surface area contributed by atoms with Crippen molar-refractivity contribution in [1.82, 2.24) is 19.7 Å². The molecule has 0 bridgehead atoms. The fourth-order valence-electron chi connectivity index (χ4n) is 1.70. The van der Waals surface area contributed by atoms with Crippen LogP contribution >= 0.6 is 11.6 Å². The summed E-state index contributed by atoms with van der Waals surface area (Å²) in [7, 11) is -2.06. The van der Waals surface area contributed by atoms with Crippen LogP contribution in [0.1, 0.15) is 11.4 Å². The lowest BCUT2D eigenvalue weighted by molar-refractivity contribution is 0.599. The number of anilines is 1. The standard InChI is InChI=1S/C10H12ClN5O2S/c1-6-10(7(2)16(3)14-6)19(17,18)15-9-5-12-8(11)4-13-9/h4-5H,1-3H3,(H,13,15). The van der Waals surface area contributed by atoms with Gasteiger partial charge in [0.1, 0.15) is 10.0 Å². The van der Waals surface area contributed by atoms with Crippen LogP contribution in [0.15, 0.2) is 17.3 Å². The van der Waals surface area contributed by atoms with Crippen LogP contribution in [0.3, 0.4) is 0 Å². The molecule has 7 nitrogen and oxygen atoms in total. The van der Waals surface area contributed by atoms with E-state index < -0.39 is 10.0 Å². The molecule has 0 aliphatic rings. The van der Waals surface area contributed by atoms with Gasteiger partial charge in [-0.2, -0.15) is 5.10 Å². The number of nitrogens with zero attached hydrogens (tertiary/aromatic N) is 4. The molecule has 0 aromatic carbocycles. The van der Waals surface area contributed by atoms with Crippen LogP contribution in [0.4, 0.5) is 5.82 Å². The highest BCUT2D eigenvalue weighted by Crippen LogP contribution is 2.21. The summed E-state index contributed by atoms with van der Waals surface area (Å²) in [6.45, 7) is 3.32. The van der Waals surface area contributed by atoms with Crippen molar-refractivity contribution < 1.29 is 8.42 Å². The van der Waals surface area contributed by atoms with Crippen LogP contribution in [0.25, 0.3) is 0 Å². The average Bonchev–Trinajstić information content (AvgIpc) is 2.56. The minimum Gasteiger partial charge on any atom is -0.271 e. The number of nitrogens with one attached hydrogen (secondary N) is 1. The molecule has 0 saturated carbocycles. The van der Waals surface area contributed by atoms with Crippen LogP contribution < -0.4 is 4.72 Å². The quantitative estimate of drug-likeness (QED) is 0.922. The summed E-state index contributed by atoms with van der Waals surface area (Å²) in [5.74, 6) is 0.104. The number of rotatable bonds is 3. The van der Waals surface area contributed by atoms with Gasteiger partial charge in [-0.3, -0.25) is 9.40 Å². The maximum Gasteiger partial charge on any atom is 0.266 e. The molecule has 1 N–H and O–H groups in total. The van der Waals surface area contributed by atoms with Crippen LogP contribution in [0.2, 0.25) is 5.15 Å². The summed E-state index contributed by atoms with van der Waals surface area (Å²) in [6, 6.07) is 0. The van der Waals surface area contributed by atoms with Crippen LogP contribution in [-0.4, -0.2) is 28.2 Å². The number of sulfonamides is 1.